The van der Waals surface area contributed by atoms with Gasteiger partial charge < -0.3 is 10.5 Å². The molecule has 5 heteroatoms. The molecule has 0 unspecified atom stereocenters. The molecule has 0 aliphatic rings. The minimum Gasteiger partial charge on any atom is -0.477 e. The van der Waals surface area contributed by atoms with Crippen LogP contribution in [0.3, 0.4) is 0 Å². The van der Waals surface area contributed by atoms with Crippen LogP contribution in [0.4, 0.5) is 0 Å². The molecule has 0 aromatic carbocycles. The third-order valence-electron chi connectivity index (χ3n) is 2.87. The van der Waals surface area contributed by atoms with E-state index in [9.17, 15) is 0 Å². The van der Waals surface area contributed by atoms with Gasteiger partial charge in [0.25, 0.3) is 0 Å². The third-order valence-corrected chi connectivity index (χ3v) is 3.86. The summed E-state index contributed by atoms with van der Waals surface area (Å²) in [6, 6.07) is 1.95. The molecular weight excluding hydrogens is 246 g/mol. The molecule has 0 aliphatic heterocycles. The van der Waals surface area contributed by atoms with Crippen molar-refractivity contribution in [2.75, 3.05) is 6.61 Å². The van der Waals surface area contributed by atoms with E-state index in [0.29, 0.717) is 19.0 Å². The van der Waals surface area contributed by atoms with Crippen LogP contribution in [0.1, 0.15) is 21.7 Å². The molecule has 0 atom stereocenters. The number of thiazole rings is 1. The molecule has 2 heterocycles. The zero-order valence-corrected chi connectivity index (χ0v) is 11.5. The molecule has 2 aromatic heterocycles. The van der Waals surface area contributed by atoms with Gasteiger partial charge >= 0.3 is 0 Å². The van der Waals surface area contributed by atoms with E-state index in [4.69, 9.17) is 10.5 Å². The predicted octanol–water partition coefficient (Wildman–Crippen LogP) is 2.24. The molecule has 0 saturated heterocycles. The van der Waals surface area contributed by atoms with Crippen LogP contribution >= 0.6 is 11.3 Å². The highest BCUT2D eigenvalue weighted by Gasteiger charge is 2.07. The van der Waals surface area contributed by atoms with Gasteiger partial charge in [-0.3, -0.25) is 0 Å². The highest BCUT2D eigenvalue weighted by Crippen LogP contribution is 2.19. The molecular formula is C13H17N3OS. The first kappa shape index (κ1) is 13.0. The summed E-state index contributed by atoms with van der Waals surface area (Å²) in [6.07, 6.45) is 2.61. The highest BCUT2D eigenvalue weighted by molar-refractivity contribution is 7.09. The minimum absolute atomic E-state index is 0.453. The van der Waals surface area contributed by atoms with Crippen molar-refractivity contribution in [2.24, 2.45) is 5.73 Å². The van der Waals surface area contributed by atoms with Crippen molar-refractivity contribution in [1.82, 2.24) is 9.97 Å². The topological polar surface area (TPSA) is 61.0 Å². The Morgan fingerprint density at radius 3 is 2.83 bits per heavy atom. The van der Waals surface area contributed by atoms with E-state index < -0.39 is 0 Å². The number of aromatic nitrogens is 2. The Labute approximate surface area is 111 Å². The average molecular weight is 263 g/mol. The second-order valence-electron chi connectivity index (χ2n) is 4.08. The molecule has 0 saturated carbocycles. The van der Waals surface area contributed by atoms with E-state index in [-0.39, 0.29) is 0 Å². The Morgan fingerprint density at radius 1 is 1.33 bits per heavy atom. The van der Waals surface area contributed by atoms with E-state index in [0.717, 1.165) is 23.2 Å². The summed E-state index contributed by atoms with van der Waals surface area (Å²) in [4.78, 5) is 9.72. The number of pyridine rings is 1. The average Bonchev–Trinajstić information content (AvgIpc) is 2.75. The predicted molar refractivity (Wildman–Crippen MR) is 72.9 cm³/mol. The summed E-state index contributed by atoms with van der Waals surface area (Å²) < 4.78 is 5.72. The van der Waals surface area contributed by atoms with E-state index in [1.54, 1.807) is 17.5 Å². The first-order valence-electron chi connectivity index (χ1n) is 5.88. The molecule has 2 rings (SSSR count). The SMILES string of the molecule is Cc1ccnc(OCCc2scnc2C)c1CN. The lowest BCUT2D eigenvalue weighted by Gasteiger charge is -2.10. The van der Waals surface area contributed by atoms with Gasteiger partial charge in [0.05, 0.1) is 17.8 Å². The first-order valence-corrected chi connectivity index (χ1v) is 6.76. The van der Waals surface area contributed by atoms with Crippen molar-refractivity contribution in [3.63, 3.8) is 0 Å². The molecule has 0 radical (unpaired) electrons. The Balaban J connectivity index is 1.98. The molecule has 2 aromatic rings. The van der Waals surface area contributed by atoms with Crippen molar-refractivity contribution >= 4 is 11.3 Å². The standard InChI is InChI=1S/C13H17N3OS/c1-9-3-5-15-13(11(9)7-14)17-6-4-12-10(2)16-8-18-12/h3,5,8H,4,6-7,14H2,1-2H3. The summed E-state index contributed by atoms with van der Waals surface area (Å²) in [7, 11) is 0. The summed E-state index contributed by atoms with van der Waals surface area (Å²) in [6.45, 7) is 5.09. The second kappa shape index (κ2) is 5.93. The van der Waals surface area contributed by atoms with Crippen LogP contribution in [0, 0.1) is 13.8 Å². The fourth-order valence-corrected chi connectivity index (χ4v) is 2.51. The molecule has 0 aliphatic carbocycles. The highest BCUT2D eigenvalue weighted by atomic mass is 32.1. The Kier molecular flexibility index (Phi) is 4.28. The van der Waals surface area contributed by atoms with E-state index in [1.165, 1.54) is 4.88 Å². The summed E-state index contributed by atoms with van der Waals surface area (Å²) in [5.41, 5.74) is 10.8. The molecule has 4 nitrogen and oxygen atoms in total. The number of hydrogen-bond donors (Lipinski definition) is 1. The summed E-state index contributed by atoms with van der Waals surface area (Å²) >= 11 is 1.66. The van der Waals surface area contributed by atoms with Gasteiger partial charge in [-0.2, -0.15) is 0 Å². The number of aryl methyl sites for hydroxylation is 2. The normalized spacial score (nSPS) is 10.6. The van der Waals surface area contributed by atoms with Crippen LogP contribution in [0.15, 0.2) is 17.8 Å². The van der Waals surface area contributed by atoms with Crippen molar-refractivity contribution in [3.05, 3.63) is 39.5 Å². The maximum Gasteiger partial charge on any atom is 0.218 e. The van der Waals surface area contributed by atoms with Crippen molar-refractivity contribution in [3.8, 4) is 5.88 Å². The summed E-state index contributed by atoms with van der Waals surface area (Å²) in [5.74, 6) is 0.652. The smallest absolute Gasteiger partial charge is 0.218 e. The molecule has 96 valence electrons. The van der Waals surface area contributed by atoms with Crippen molar-refractivity contribution in [1.29, 1.82) is 0 Å². The zero-order chi connectivity index (χ0) is 13.0. The van der Waals surface area contributed by atoms with Gasteiger partial charge in [0.1, 0.15) is 0 Å². The Morgan fingerprint density at radius 2 is 2.17 bits per heavy atom. The molecule has 0 amide bonds. The fraction of sp³-hybridized carbons (Fsp3) is 0.385. The largest absolute Gasteiger partial charge is 0.477 e. The van der Waals surface area contributed by atoms with Crippen LogP contribution in [0.5, 0.6) is 5.88 Å². The van der Waals surface area contributed by atoms with Gasteiger partial charge in [0.15, 0.2) is 0 Å². The third kappa shape index (κ3) is 2.86. The van der Waals surface area contributed by atoms with E-state index in [1.807, 2.05) is 25.4 Å². The monoisotopic (exact) mass is 263 g/mol. The van der Waals surface area contributed by atoms with Crippen LogP contribution in [0.25, 0.3) is 0 Å². The van der Waals surface area contributed by atoms with E-state index in [2.05, 4.69) is 9.97 Å². The second-order valence-corrected chi connectivity index (χ2v) is 5.01. The molecule has 0 fully saturated rings. The maximum atomic E-state index is 5.72. The quantitative estimate of drug-likeness (QED) is 0.898. The van der Waals surface area contributed by atoms with Crippen LogP contribution in [0.2, 0.25) is 0 Å². The van der Waals surface area contributed by atoms with Crippen LogP contribution in [-0.4, -0.2) is 16.6 Å². The van der Waals surface area contributed by atoms with E-state index >= 15 is 0 Å². The maximum absolute atomic E-state index is 5.72. The minimum atomic E-state index is 0.453. The lowest BCUT2D eigenvalue weighted by molar-refractivity contribution is 0.306. The number of nitrogens with two attached hydrogens (primary N) is 1. The lowest BCUT2D eigenvalue weighted by Crippen LogP contribution is -2.08. The molecule has 18 heavy (non-hydrogen) atoms. The number of ether oxygens (including phenoxy) is 1. The summed E-state index contributed by atoms with van der Waals surface area (Å²) in [5, 5.41) is 0. The first-order chi connectivity index (χ1) is 8.72. The van der Waals surface area contributed by atoms with Crippen molar-refractivity contribution in [2.45, 2.75) is 26.8 Å². The van der Waals surface area contributed by atoms with Crippen LogP contribution in [-0.2, 0) is 13.0 Å². The molecule has 2 N–H and O–H groups in total. The number of hydrogen-bond acceptors (Lipinski definition) is 5. The fourth-order valence-electron chi connectivity index (χ4n) is 1.74. The van der Waals surface area contributed by atoms with Crippen molar-refractivity contribution < 1.29 is 4.74 Å². The number of rotatable bonds is 5. The molecule has 0 bridgehead atoms. The Bertz CT molecular complexity index is 525. The van der Waals surface area contributed by atoms with Gasteiger partial charge in [-0.25, -0.2) is 9.97 Å². The Hall–Kier alpha value is -1.46. The van der Waals surface area contributed by atoms with Gasteiger partial charge in [0.2, 0.25) is 5.88 Å². The zero-order valence-electron chi connectivity index (χ0n) is 10.6. The van der Waals surface area contributed by atoms with Gasteiger partial charge in [0, 0.05) is 29.6 Å². The van der Waals surface area contributed by atoms with Gasteiger partial charge in [-0.05, 0) is 25.5 Å². The molecule has 0 spiro atoms. The lowest BCUT2D eigenvalue weighted by atomic mass is 10.1. The van der Waals surface area contributed by atoms with Crippen LogP contribution < -0.4 is 10.5 Å². The number of nitrogens with zero attached hydrogens (tertiary/aromatic N) is 2. The van der Waals surface area contributed by atoms with Gasteiger partial charge in [-0.15, -0.1) is 11.3 Å². The van der Waals surface area contributed by atoms with Gasteiger partial charge in [-0.1, -0.05) is 0 Å².